The van der Waals surface area contributed by atoms with Gasteiger partial charge in [-0.25, -0.2) is 0 Å². The zero-order chi connectivity index (χ0) is 13.7. The molecule has 1 unspecified atom stereocenters. The molecule has 1 heterocycles. The first-order chi connectivity index (χ1) is 9.10. The van der Waals surface area contributed by atoms with Crippen LogP contribution < -0.4 is 10.6 Å². The van der Waals surface area contributed by atoms with E-state index in [0.717, 1.165) is 10.3 Å². The van der Waals surface area contributed by atoms with E-state index >= 15 is 0 Å². The van der Waals surface area contributed by atoms with Gasteiger partial charge in [0, 0.05) is 5.30 Å². The fourth-order valence-electron chi connectivity index (χ4n) is 1.75. The fraction of sp³-hybridized carbons (Fsp3) is 0.286. The molecule has 0 aliphatic carbocycles. The number of rotatable bonds is 6. The molecular weight excluding hydrogens is 277 g/mol. The third kappa shape index (κ3) is 3.93. The van der Waals surface area contributed by atoms with Crippen molar-refractivity contribution in [3.63, 3.8) is 0 Å². The van der Waals surface area contributed by atoms with Crippen molar-refractivity contribution in [2.24, 2.45) is 0 Å². The molecular formula is C14H18NO2PS. The van der Waals surface area contributed by atoms with Gasteiger partial charge in [-0.3, -0.25) is 4.57 Å². The summed E-state index contributed by atoms with van der Waals surface area (Å²) in [6.07, 6.45) is 0.242. The molecule has 1 aromatic carbocycles. The number of hydrogen-bond acceptors (Lipinski definition) is 4. The predicted octanol–water partition coefficient (Wildman–Crippen LogP) is 4.15. The van der Waals surface area contributed by atoms with Gasteiger partial charge in [-0.15, -0.1) is 11.3 Å². The maximum absolute atomic E-state index is 13.0. The first kappa shape index (κ1) is 14.3. The third-order valence-corrected chi connectivity index (χ3v) is 5.76. The van der Waals surface area contributed by atoms with Gasteiger partial charge in [-0.05, 0) is 43.5 Å². The van der Waals surface area contributed by atoms with E-state index in [-0.39, 0.29) is 6.10 Å². The van der Waals surface area contributed by atoms with Crippen molar-refractivity contribution in [2.75, 3.05) is 11.6 Å². The van der Waals surface area contributed by atoms with Crippen molar-refractivity contribution < 1.29 is 9.09 Å². The lowest BCUT2D eigenvalue weighted by Gasteiger charge is -2.21. The standard InChI is InChI=1S/C14H18NO2PS/c1-12(2)17-18(16,13-7-4-3-5-8-13)11-15-14-9-6-10-19-14/h3-10,12,15H,11H2,1-2H3. The van der Waals surface area contributed by atoms with Crippen LogP contribution in [0.4, 0.5) is 5.00 Å². The molecule has 102 valence electrons. The number of nitrogens with one attached hydrogen (secondary N) is 1. The van der Waals surface area contributed by atoms with Gasteiger partial charge in [0.15, 0.2) is 0 Å². The van der Waals surface area contributed by atoms with E-state index in [9.17, 15) is 4.57 Å². The molecule has 1 atom stereocenters. The van der Waals surface area contributed by atoms with E-state index < -0.39 is 7.37 Å². The van der Waals surface area contributed by atoms with Gasteiger partial charge in [0.25, 0.3) is 7.37 Å². The number of anilines is 1. The molecule has 5 heteroatoms. The Balaban J connectivity index is 2.17. The minimum Gasteiger partial charge on any atom is -0.367 e. The summed E-state index contributed by atoms with van der Waals surface area (Å²) in [4.78, 5) is 0. The third-order valence-electron chi connectivity index (χ3n) is 2.51. The van der Waals surface area contributed by atoms with Gasteiger partial charge in [0.2, 0.25) is 0 Å². The van der Waals surface area contributed by atoms with Crippen molar-refractivity contribution in [1.82, 2.24) is 0 Å². The first-order valence-electron chi connectivity index (χ1n) is 6.20. The van der Waals surface area contributed by atoms with Gasteiger partial charge >= 0.3 is 0 Å². The second-order valence-electron chi connectivity index (χ2n) is 4.48. The monoisotopic (exact) mass is 295 g/mol. The molecule has 0 bridgehead atoms. The molecule has 1 N–H and O–H groups in total. The Hall–Kier alpha value is -1.09. The van der Waals surface area contributed by atoms with E-state index in [1.54, 1.807) is 11.3 Å². The van der Waals surface area contributed by atoms with Gasteiger partial charge in [0.05, 0.1) is 17.4 Å². The fourth-order valence-corrected chi connectivity index (χ4v) is 4.53. The Bertz CT molecular complexity index is 540. The Morgan fingerprint density at radius 3 is 2.53 bits per heavy atom. The molecule has 2 rings (SSSR count). The quantitative estimate of drug-likeness (QED) is 0.814. The Kier molecular flexibility index (Phi) is 4.81. The summed E-state index contributed by atoms with van der Waals surface area (Å²) < 4.78 is 18.8. The highest BCUT2D eigenvalue weighted by Crippen LogP contribution is 2.46. The lowest BCUT2D eigenvalue weighted by atomic mass is 10.4. The second kappa shape index (κ2) is 6.38. The molecule has 0 fully saturated rings. The van der Waals surface area contributed by atoms with Crippen LogP contribution in [0.5, 0.6) is 0 Å². The highest BCUT2D eigenvalue weighted by atomic mass is 32.1. The van der Waals surface area contributed by atoms with E-state index in [1.807, 2.05) is 61.7 Å². The molecule has 0 spiro atoms. The van der Waals surface area contributed by atoms with Crippen LogP contribution in [0.2, 0.25) is 0 Å². The van der Waals surface area contributed by atoms with Crippen LogP contribution >= 0.6 is 18.7 Å². The molecule has 0 saturated carbocycles. The van der Waals surface area contributed by atoms with Gasteiger partial charge in [-0.2, -0.15) is 0 Å². The number of thiophene rings is 1. The van der Waals surface area contributed by atoms with E-state index in [4.69, 9.17) is 4.52 Å². The minimum atomic E-state index is -2.87. The van der Waals surface area contributed by atoms with E-state index in [1.165, 1.54) is 0 Å². The van der Waals surface area contributed by atoms with Gasteiger partial charge in [0.1, 0.15) is 0 Å². The topological polar surface area (TPSA) is 38.3 Å². The van der Waals surface area contributed by atoms with Crippen LogP contribution in [0.25, 0.3) is 0 Å². The Morgan fingerprint density at radius 2 is 1.95 bits per heavy atom. The average Bonchev–Trinajstić information content (AvgIpc) is 2.90. The molecule has 0 amide bonds. The van der Waals surface area contributed by atoms with E-state index in [2.05, 4.69) is 5.32 Å². The summed E-state index contributed by atoms with van der Waals surface area (Å²) in [5.41, 5.74) is 0. The predicted molar refractivity (Wildman–Crippen MR) is 82.7 cm³/mol. The molecule has 1 aromatic heterocycles. The first-order valence-corrected chi connectivity index (χ1v) is 8.89. The van der Waals surface area contributed by atoms with Gasteiger partial charge < -0.3 is 9.84 Å². The number of hydrogen-bond donors (Lipinski definition) is 1. The maximum atomic E-state index is 13.0. The molecule has 19 heavy (non-hydrogen) atoms. The summed E-state index contributed by atoms with van der Waals surface area (Å²) in [5.74, 6) is 0. The van der Waals surface area contributed by atoms with Crippen molar-refractivity contribution in [3.8, 4) is 0 Å². The lowest BCUT2D eigenvalue weighted by Crippen LogP contribution is -2.17. The Morgan fingerprint density at radius 1 is 1.21 bits per heavy atom. The van der Waals surface area contributed by atoms with Crippen LogP contribution in [0.3, 0.4) is 0 Å². The van der Waals surface area contributed by atoms with E-state index in [0.29, 0.717) is 6.29 Å². The molecule has 2 aromatic rings. The largest absolute Gasteiger partial charge is 0.367 e. The minimum absolute atomic E-state index is 0.0730. The normalized spacial score (nSPS) is 14.3. The summed E-state index contributed by atoms with van der Waals surface area (Å²) in [6, 6.07) is 13.3. The van der Waals surface area contributed by atoms with Crippen molar-refractivity contribution in [1.29, 1.82) is 0 Å². The molecule has 3 nitrogen and oxygen atoms in total. The highest BCUT2D eigenvalue weighted by Gasteiger charge is 2.27. The zero-order valence-electron chi connectivity index (χ0n) is 11.1. The molecule has 0 radical (unpaired) electrons. The van der Waals surface area contributed by atoms with Crippen LogP contribution in [-0.2, 0) is 9.09 Å². The smallest absolute Gasteiger partial charge is 0.250 e. The zero-order valence-corrected chi connectivity index (χ0v) is 12.8. The summed E-state index contributed by atoms with van der Waals surface area (Å²) in [7, 11) is -2.87. The lowest BCUT2D eigenvalue weighted by molar-refractivity contribution is 0.249. The molecule has 0 aliphatic heterocycles. The van der Waals surface area contributed by atoms with Crippen molar-refractivity contribution in [2.45, 2.75) is 20.0 Å². The average molecular weight is 295 g/mol. The second-order valence-corrected chi connectivity index (χ2v) is 7.81. The maximum Gasteiger partial charge on any atom is 0.250 e. The Labute approximate surface area is 118 Å². The van der Waals surface area contributed by atoms with Crippen LogP contribution in [0.15, 0.2) is 47.8 Å². The van der Waals surface area contributed by atoms with Crippen LogP contribution in [0.1, 0.15) is 13.8 Å². The van der Waals surface area contributed by atoms with Gasteiger partial charge in [-0.1, -0.05) is 18.2 Å². The van der Waals surface area contributed by atoms with Crippen molar-refractivity contribution in [3.05, 3.63) is 47.8 Å². The summed E-state index contributed by atoms with van der Waals surface area (Å²) in [6.45, 7) is 3.81. The van der Waals surface area contributed by atoms with Crippen molar-refractivity contribution >= 4 is 29.0 Å². The summed E-state index contributed by atoms with van der Waals surface area (Å²) >= 11 is 1.59. The number of benzene rings is 1. The molecule has 0 saturated heterocycles. The summed E-state index contributed by atoms with van der Waals surface area (Å²) in [5, 5.41) is 6.95. The SMILES string of the molecule is CC(C)OP(=O)(CNc1cccs1)c1ccccc1. The van der Waals surface area contributed by atoms with Crippen LogP contribution in [-0.4, -0.2) is 12.4 Å². The molecule has 0 aliphatic rings. The van der Waals surface area contributed by atoms with Crippen LogP contribution in [0, 0.1) is 0 Å². The highest BCUT2D eigenvalue weighted by molar-refractivity contribution is 7.67.